The Morgan fingerprint density at radius 2 is 2.21 bits per heavy atom. The van der Waals surface area contributed by atoms with Gasteiger partial charge in [-0.3, -0.25) is 10.1 Å². The molecule has 0 saturated carbocycles. The minimum Gasteiger partial charge on any atom is -0.489 e. The van der Waals surface area contributed by atoms with Gasteiger partial charge in [0.25, 0.3) is 5.69 Å². The second-order valence-electron chi connectivity index (χ2n) is 3.67. The van der Waals surface area contributed by atoms with Crippen LogP contribution in [0, 0.1) is 17.0 Å². The van der Waals surface area contributed by atoms with Gasteiger partial charge in [-0.15, -0.1) is 0 Å². The molecular weight excluding hydrogens is 250 g/mol. The number of aryl methyl sites for hydroxylation is 1. The second-order valence-corrected chi connectivity index (χ2v) is 3.67. The van der Waals surface area contributed by atoms with Crippen molar-refractivity contribution in [3.8, 4) is 5.75 Å². The van der Waals surface area contributed by atoms with Crippen LogP contribution in [0.15, 0.2) is 30.4 Å². The molecule has 0 fully saturated rings. The van der Waals surface area contributed by atoms with Crippen molar-refractivity contribution >= 4 is 11.7 Å². The van der Waals surface area contributed by atoms with Crippen LogP contribution in [-0.4, -0.2) is 24.1 Å². The Morgan fingerprint density at radius 1 is 1.47 bits per heavy atom. The van der Waals surface area contributed by atoms with E-state index in [4.69, 9.17) is 9.47 Å². The lowest BCUT2D eigenvalue weighted by Crippen LogP contribution is -2.01. The number of benzene rings is 1. The van der Waals surface area contributed by atoms with Crippen molar-refractivity contribution in [2.24, 2.45) is 0 Å². The van der Waals surface area contributed by atoms with Gasteiger partial charge in [-0.25, -0.2) is 4.79 Å². The molecule has 0 unspecified atom stereocenters. The molecule has 6 nitrogen and oxygen atoms in total. The lowest BCUT2D eigenvalue weighted by Gasteiger charge is -2.06. The Labute approximate surface area is 110 Å². The van der Waals surface area contributed by atoms with Crippen LogP contribution in [0.1, 0.15) is 12.5 Å². The molecule has 0 heterocycles. The zero-order valence-corrected chi connectivity index (χ0v) is 10.8. The third kappa shape index (κ3) is 4.79. The van der Waals surface area contributed by atoms with Crippen LogP contribution in [0.25, 0.3) is 0 Å². The SMILES string of the molecule is CCOC(=O)/C=C/COc1ccc([N+](=O)[O-])cc1C. The zero-order chi connectivity index (χ0) is 14.3. The van der Waals surface area contributed by atoms with E-state index in [1.165, 1.54) is 30.4 Å². The van der Waals surface area contributed by atoms with E-state index in [0.717, 1.165) is 0 Å². The summed E-state index contributed by atoms with van der Waals surface area (Å²) in [6.45, 7) is 3.96. The molecule has 1 aromatic rings. The number of hydrogen-bond donors (Lipinski definition) is 0. The van der Waals surface area contributed by atoms with Crippen molar-refractivity contribution in [2.45, 2.75) is 13.8 Å². The highest BCUT2D eigenvalue weighted by atomic mass is 16.6. The van der Waals surface area contributed by atoms with Gasteiger partial charge in [0.05, 0.1) is 11.5 Å². The molecule has 19 heavy (non-hydrogen) atoms. The van der Waals surface area contributed by atoms with Crippen molar-refractivity contribution in [3.05, 3.63) is 46.0 Å². The fourth-order valence-electron chi connectivity index (χ4n) is 1.38. The maximum Gasteiger partial charge on any atom is 0.330 e. The van der Waals surface area contributed by atoms with E-state index in [0.29, 0.717) is 17.9 Å². The quantitative estimate of drug-likeness (QED) is 0.341. The van der Waals surface area contributed by atoms with Gasteiger partial charge in [0, 0.05) is 18.2 Å². The molecule has 6 heteroatoms. The van der Waals surface area contributed by atoms with E-state index in [2.05, 4.69) is 0 Å². The lowest BCUT2D eigenvalue weighted by atomic mass is 10.2. The summed E-state index contributed by atoms with van der Waals surface area (Å²) in [5, 5.41) is 10.6. The van der Waals surface area contributed by atoms with Gasteiger partial charge in [-0.1, -0.05) is 0 Å². The molecule has 1 aromatic carbocycles. The average Bonchev–Trinajstić information content (AvgIpc) is 2.36. The van der Waals surface area contributed by atoms with Crippen LogP contribution in [0.3, 0.4) is 0 Å². The van der Waals surface area contributed by atoms with Crippen LogP contribution in [0.4, 0.5) is 5.69 Å². The molecule has 0 N–H and O–H groups in total. The number of ether oxygens (including phenoxy) is 2. The third-order valence-electron chi connectivity index (χ3n) is 2.24. The summed E-state index contributed by atoms with van der Waals surface area (Å²) in [5.74, 6) is 0.116. The van der Waals surface area contributed by atoms with Crippen molar-refractivity contribution in [1.29, 1.82) is 0 Å². The first kappa shape index (κ1) is 14.7. The van der Waals surface area contributed by atoms with E-state index < -0.39 is 10.9 Å². The second kappa shape index (κ2) is 7.15. The third-order valence-corrected chi connectivity index (χ3v) is 2.24. The zero-order valence-electron chi connectivity index (χ0n) is 10.8. The number of non-ortho nitro benzene ring substituents is 1. The highest BCUT2D eigenvalue weighted by molar-refractivity contribution is 5.81. The number of carbonyl (C=O) groups excluding carboxylic acids is 1. The van der Waals surface area contributed by atoms with Crippen molar-refractivity contribution in [3.63, 3.8) is 0 Å². The van der Waals surface area contributed by atoms with Gasteiger partial charge >= 0.3 is 5.97 Å². The van der Waals surface area contributed by atoms with Gasteiger partial charge in [0.2, 0.25) is 0 Å². The molecule has 0 aliphatic carbocycles. The molecule has 0 saturated heterocycles. The van der Waals surface area contributed by atoms with E-state index in [-0.39, 0.29) is 12.3 Å². The topological polar surface area (TPSA) is 78.7 Å². The molecule has 1 rings (SSSR count). The fraction of sp³-hybridized carbons (Fsp3) is 0.308. The summed E-state index contributed by atoms with van der Waals surface area (Å²) in [6.07, 6.45) is 2.81. The number of carbonyl (C=O) groups is 1. The summed E-state index contributed by atoms with van der Waals surface area (Å²) < 4.78 is 10.1. The van der Waals surface area contributed by atoms with Crippen LogP contribution < -0.4 is 4.74 Å². The highest BCUT2D eigenvalue weighted by Crippen LogP contribution is 2.23. The van der Waals surface area contributed by atoms with Gasteiger partial charge in [-0.2, -0.15) is 0 Å². The number of nitro benzene ring substituents is 1. The Bertz CT molecular complexity index is 496. The molecule has 0 amide bonds. The first-order chi connectivity index (χ1) is 9.04. The average molecular weight is 265 g/mol. The molecule has 0 spiro atoms. The monoisotopic (exact) mass is 265 g/mol. The molecule has 102 valence electrons. The first-order valence-corrected chi connectivity index (χ1v) is 5.75. The van der Waals surface area contributed by atoms with Gasteiger partial charge in [0.15, 0.2) is 0 Å². The molecule has 0 atom stereocenters. The standard InChI is InChI=1S/C13H15NO5/c1-3-18-13(15)5-4-8-19-12-7-6-11(14(16)17)9-10(12)2/h4-7,9H,3,8H2,1-2H3/b5-4+. The van der Waals surface area contributed by atoms with E-state index in [1.807, 2.05) is 0 Å². The summed E-state index contributed by atoms with van der Waals surface area (Å²) in [7, 11) is 0. The maximum absolute atomic E-state index is 11.0. The molecule has 0 bridgehead atoms. The van der Waals surface area contributed by atoms with Crippen LogP contribution >= 0.6 is 0 Å². The minimum atomic E-state index is -0.461. The van der Waals surface area contributed by atoms with Crippen molar-refractivity contribution in [2.75, 3.05) is 13.2 Å². The van der Waals surface area contributed by atoms with Crippen molar-refractivity contribution in [1.82, 2.24) is 0 Å². The normalized spacial score (nSPS) is 10.4. The van der Waals surface area contributed by atoms with Crippen molar-refractivity contribution < 1.29 is 19.2 Å². The van der Waals surface area contributed by atoms with Crippen LogP contribution in [0.5, 0.6) is 5.75 Å². The predicted molar refractivity (Wildman–Crippen MR) is 69.1 cm³/mol. The van der Waals surface area contributed by atoms with Crippen LogP contribution in [-0.2, 0) is 9.53 Å². The number of rotatable bonds is 6. The highest BCUT2D eigenvalue weighted by Gasteiger charge is 2.08. The Balaban J connectivity index is 2.54. The summed E-state index contributed by atoms with van der Waals surface area (Å²) >= 11 is 0. The molecule has 0 aliphatic rings. The van der Waals surface area contributed by atoms with Gasteiger partial charge in [0.1, 0.15) is 12.4 Å². The Kier molecular flexibility index (Phi) is 5.53. The predicted octanol–water partition coefficient (Wildman–Crippen LogP) is 2.40. The summed E-state index contributed by atoms with van der Waals surface area (Å²) in [5.41, 5.74) is 0.686. The van der Waals surface area contributed by atoms with E-state index in [9.17, 15) is 14.9 Å². The smallest absolute Gasteiger partial charge is 0.330 e. The Hall–Kier alpha value is -2.37. The number of esters is 1. The fourth-order valence-corrected chi connectivity index (χ4v) is 1.38. The van der Waals surface area contributed by atoms with E-state index >= 15 is 0 Å². The number of hydrogen-bond acceptors (Lipinski definition) is 5. The molecular formula is C13H15NO5. The van der Waals surface area contributed by atoms with Crippen LogP contribution in [0.2, 0.25) is 0 Å². The summed E-state index contributed by atoms with van der Waals surface area (Å²) in [6, 6.07) is 4.34. The number of nitro groups is 1. The van der Waals surface area contributed by atoms with E-state index in [1.54, 1.807) is 13.8 Å². The molecule has 0 radical (unpaired) electrons. The van der Waals surface area contributed by atoms with Gasteiger partial charge < -0.3 is 9.47 Å². The first-order valence-electron chi connectivity index (χ1n) is 5.75. The van der Waals surface area contributed by atoms with Gasteiger partial charge in [-0.05, 0) is 31.6 Å². The largest absolute Gasteiger partial charge is 0.489 e. The Morgan fingerprint density at radius 3 is 2.79 bits per heavy atom. The lowest BCUT2D eigenvalue weighted by molar-refractivity contribution is -0.384. The number of nitrogens with zero attached hydrogens (tertiary/aromatic N) is 1. The minimum absolute atomic E-state index is 0.0203. The summed E-state index contributed by atoms with van der Waals surface area (Å²) in [4.78, 5) is 21.1. The molecule has 0 aromatic heterocycles. The maximum atomic E-state index is 11.0. The molecule has 0 aliphatic heterocycles.